The molecule has 2 N–H and O–H groups in total. The number of piperazine rings is 1. The van der Waals surface area contributed by atoms with Gasteiger partial charge in [0, 0.05) is 66.8 Å². The fraction of sp³-hybridized carbons (Fsp3) is 0.280. The summed E-state index contributed by atoms with van der Waals surface area (Å²) in [4.78, 5) is 23.8. The standard InChI is InChI=1S/C25H28N6O/c1-17-15-30(16-18(2)29(17)3)21-6-4-20(5-7-21)28-22-8-9-23(31-13-12-27-25(22)31)19-10-11-26-24(32)14-19/h4-14,17-18,28H,15-16H2,1-3H3,(H,26,32)/t17-,18?/m1/s1. The number of benzene rings is 1. The van der Waals surface area contributed by atoms with Crippen molar-refractivity contribution >= 4 is 22.7 Å². The molecule has 2 atom stereocenters. The lowest BCUT2D eigenvalue weighted by Gasteiger charge is -2.43. The van der Waals surface area contributed by atoms with Crippen LogP contribution in [0.3, 0.4) is 0 Å². The van der Waals surface area contributed by atoms with Gasteiger partial charge in [-0.2, -0.15) is 0 Å². The molecule has 0 saturated carbocycles. The van der Waals surface area contributed by atoms with Gasteiger partial charge in [-0.1, -0.05) is 0 Å². The first kappa shape index (κ1) is 20.3. The van der Waals surface area contributed by atoms with Gasteiger partial charge in [-0.25, -0.2) is 4.98 Å². The number of imidazole rings is 1. The minimum Gasteiger partial charge on any atom is -0.368 e. The van der Waals surface area contributed by atoms with E-state index in [-0.39, 0.29) is 5.56 Å². The molecule has 0 bridgehead atoms. The Bertz CT molecular complexity index is 1280. The Morgan fingerprint density at radius 1 is 1.03 bits per heavy atom. The maximum absolute atomic E-state index is 11.7. The molecule has 1 fully saturated rings. The minimum absolute atomic E-state index is 0.123. The van der Waals surface area contributed by atoms with Crippen molar-refractivity contribution in [3.63, 3.8) is 0 Å². The number of pyridine rings is 2. The summed E-state index contributed by atoms with van der Waals surface area (Å²) >= 11 is 0. The predicted octanol–water partition coefficient (Wildman–Crippen LogP) is 3.96. The van der Waals surface area contributed by atoms with Crippen molar-refractivity contribution < 1.29 is 0 Å². The molecule has 5 rings (SSSR count). The molecule has 164 valence electrons. The lowest BCUT2D eigenvalue weighted by molar-refractivity contribution is 0.170. The predicted molar refractivity (Wildman–Crippen MR) is 130 cm³/mol. The topological polar surface area (TPSA) is 68.7 Å². The van der Waals surface area contributed by atoms with Gasteiger partial charge in [0.15, 0.2) is 5.65 Å². The second kappa shape index (κ2) is 8.16. The SMILES string of the molecule is CC1CN(c2ccc(Nc3ccc(-c4cc[nH]c(=O)c4)n4ccnc34)cc2)C[C@@H](C)N1C. The highest BCUT2D eigenvalue weighted by molar-refractivity contribution is 5.78. The molecule has 1 aliphatic rings. The van der Waals surface area contributed by atoms with E-state index >= 15 is 0 Å². The summed E-state index contributed by atoms with van der Waals surface area (Å²) < 4.78 is 2.00. The molecule has 1 unspecified atom stereocenters. The number of hydrogen-bond donors (Lipinski definition) is 2. The molecule has 7 heteroatoms. The number of aromatic nitrogens is 3. The van der Waals surface area contributed by atoms with Crippen LogP contribution in [0.5, 0.6) is 0 Å². The number of rotatable bonds is 4. The van der Waals surface area contributed by atoms with Crippen molar-refractivity contribution in [1.82, 2.24) is 19.3 Å². The number of fused-ring (bicyclic) bond motifs is 1. The van der Waals surface area contributed by atoms with Crippen molar-refractivity contribution in [3.05, 3.63) is 77.5 Å². The van der Waals surface area contributed by atoms with Crippen LogP contribution >= 0.6 is 0 Å². The highest BCUT2D eigenvalue weighted by Crippen LogP contribution is 2.28. The van der Waals surface area contributed by atoms with Crippen molar-refractivity contribution in [3.8, 4) is 11.3 Å². The largest absolute Gasteiger partial charge is 0.368 e. The summed E-state index contributed by atoms with van der Waals surface area (Å²) in [6.07, 6.45) is 5.35. The van der Waals surface area contributed by atoms with Crippen LogP contribution in [-0.4, -0.2) is 51.5 Å². The molecule has 0 amide bonds. The molecule has 3 aromatic heterocycles. The zero-order valence-corrected chi connectivity index (χ0v) is 18.6. The zero-order chi connectivity index (χ0) is 22.2. The molecule has 4 heterocycles. The van der Waals surface area contributed by atoms with Crippen LogP contribution in [0.2, 0.25) is 0 Å². The Kier molecular flexibility index (Phi) is 5.19. The first-order chi connectivity index (χ1) is 15.5. The highest BCUT2D eigenvalue weighted by atomic mass is 16.1. The average Bonchev–Trinajstić information content (AvgIpc) is 3.28. The van der Waals surface area contributed by atoms with Crippen LogP contribution in [0.4, 0.5) is 17.1 Å². The lowest BCUT2D eigenvalue weighted by atomic mass is 10.1. The molecule has 1 saturated heterocycles. The molecule has 0 radical (unpaired) electrons. The molecule has 1 aromatic carbocycles. The van der Waals surface area contributed by atoms with E-state index in [1.807, 2.05) is 28.8 Å². The van der Waals surface area contributed by atoms with Gasteiger partial charge in [0.25, 0.3) is 0 Å². The second-order valence-corrected chi connectivity index (χ2v) is 8.64. The van der Waals surface area contributed by atoms with E-state index in [0.29, 0.717) is 12.1 Å². The van der Waals surface area contributed by atoms with E-state index in [1.165, 1.54) is 5.69 Å². The lowest BCUT2D eigenvalue weighted by Crippen LogP contribution is -2.55. The van der Waals surface area contributed by atoms with E-state index in [1.54, 1.807) is 18.5 Å². The van der Waals surface area contributed by atoms with Crippen LogP contribution < -0.4 is 15.8 Å². The molecule has 4 aromatic rings. The van der Waals surface area contributed by atoms with Gasteiger partial charge in [0.05, 0.1) is 11.4 Å². The normalized spacial score (nSPS) is 19.4. The van der Waals surface area contributed by atoms with Crippen LogP contribution in [0.25, 0.3) is 16.9 Å². The summed E-state index contributed by atoms with van der Waals surface area (Å²) in [5.41, 5.74) is 5.63. The van der Waals surface area contributed by atoms with E-state index in [4.69, 9.17) is 0 Å². The van der Waals surface area contributed by atoms with E-state index < -0.39 is 0 Å². The summed E-state index contributed by atoms with van der Waals surface area (Å²) in [6, 6.07) is 17.2. The summed E-state index contributed by atoms with van der Waals surface area (Å²) in [5.74, 6) is 0. The number of nitrogens with one attached hydrogen (secondary N) is 2. The Balaban J connectivity index is 1.39. The number of H-pyrrole nitrogens is 1. The molecule has 0 aliphatic carbocycles. The summed E-state index contributed by atoms with van der Waals surface area (Å²) in [5, 5.41) is 3.50. The number of hydrogen-bond acceptors (Lipinski definition) is 5. The average molecular weight is 429 g/mol. The third-order valence-electron chi connectivity index (χ3n) is 6.49. The third kappa shape index (κ3) is 3.76. The Morgan fingerprint density at radius 2 is 1.78 bits per heavy atom. The van der Waals surface area contributed by atoms with Gasteiger partial charge < -0.3 is 15.2 Å². The van der Waals surface area contributed by atoms with Gasteiger partial charge in [0.1, 0.15) is 0 Å². The van der Waals surface area contributed by atoms with Gasteiger partial charge in [-0.05, 0) is 63.4 Å². The summed E-state index contributed by atoms with van der Waals surface area (Å²) in [7, 11) is 2.21. The molecule has 7 nitrogen and oxygen atoms in total. The molecule has 0 spiro atoms. The van der Waals surface area contributed by atoms with Crippen LogP contribution in [-0.2, 0) is 0 Å². The number of likely N-dealkylation sites (N-methyl/N-ethyl adjacent to an activating group) is 1. The van der Waals surface area contributed by atoms with Crippen LogP contribution in [0, 0.1) is 0 Å². The summed E-state index contributed by atoms with van der Waals surface area (Å²) in [6.45, 7) is 6.63. The number of aromatic amines is 1. The smallest absolute Gasteiger partial charge is 0.248 e. The maximum Gasteiger partial charge on any atom is 0.248 e. The maximum atomic E-state index is 11.7. The van der Waals surface area contributed by atoms with Crippen molar-refractivity contribution in [1.29, 1.82) is 0 Å². The van der Waals surface area contributed by atoms with Crippen molar-refractivity contribution in [2.75, 3.05) is 30.4 Å². The first-order valence-corrected chi connectivity index (χ1v) is 11.0. The van der Waals surface area contributed by atoms with Gasteiger partial charge >= 0.3 is 0 Å². The monoisotopic (exact) mass is 428 g/mol. The van der Waals surface area contributed by atoms with Crippen molar-refractivity contribution in [2.24, 2.45) is 0 Å². The number of nitrogens with zero attached hydrogens (tertiary/aromatic N) is 4. The van der Waals surface area contributed by atoms with E-state index in [0.717, 1.165) is 41.4 Å². The molecule has 1 aliphatic heterocycles. The minimum atomic E-state index is -0.123. The van der Waals surface area contributed by atoms with Crippen LogP contribution in [0.15, 0.2) is 71.9 Å². The molecular weight excluding hydrogens is 400 g/mol. The molecular formula is C25H28N6O. The quantitative estimate of drug-likeness (QED) is 0.515. The molecule has 32 heavy (non-hydrogen) atoms. The van der Waals surface area contributed by atoms with Gasteiger partial charge in [-0.15, -0.1) is 0 Å². The second-order valence-electron chi connectivity index (χ2n) is 8.64. The van der Waals surface area contributed by atoms with Crippen LogP contribution in [0.1, 0.15) is 13.8 Å². The van der Waals surface area contributed by atoms with Crippen molar-refractivity contribution in [2.45, 2.75) is 25.9 Å². The Labute approximate surface area is 187 Å². The van der Waals surface area contributed by atoms with E-state index in [9.17, 15) is 4.79 Å². The van der Waals surface area contributed by atoms with E-state index in [2.05, 4.69) is 70.2 Å². The van der Waals surface area contributed by atoms with Gasteiger partial charge in [-0.3, -0.25) is 14.1 Å². The third-order valence-corrected chi connectivity index (χ3v) is 6.49. The van der Waals surface area contributed by atoms with Gasteiger partial charge in [0.2, 0.25) is 5.56 Å². The Morgan fingerprint density at radius 3 is 2.50 bits per heavy atom. The highest BCUT2D eigenvalue weighted by Gasteiger charge is 2.26. The fourth-order valence-corrected chi connectivity index (χ4v) is 4.48. The zero-order valence-electron chi connectivity index (χ0n) is 18.6. The first-order valence-electron chi connectivity index (χ1n) is 11.0. The number of anilines is 3. The Hall–Kier alpha value is -3.58. The fourth-order valence-electron chi connectivity index (χ4n) is 4.48.